The molecule has 1 aromatic carbocycles. The minimum Gasteiger partial charge on any atom is -0.445 e. The lowest BCUT2D eigenvalue weighted by molar-refractivity contribution is -0.137. The number of nitrogens with one attached hydrogen (secondary N) is 5. The van der Waals surface area contributed by atoms with E-state index in [1.54, 1.807) is 38.1 Å². The molecule has 1 aromatic rings. The molecule has 7 N–H and O–H groups in total. The van der Waals surface area contributed by atoms with Gasteiger partial charge in [-0.2, -0.15) is 0 Å². The molecule has 234 valence electrons. The number of hydrogen-bond donors (Lipinski definition) is 6. The normalized spacial score (nSPS) is 14.5. The second-order valence-corrected chi connectivity index (χ2v) is 10.1. The first-order valence-electron chi connectivity index (χ1n) is 13.8. The van der Waals surface area contributed by atoms with Crippen LogP contribution in [0.15, 0.2) is 36.4 Å². The second-order valence-electron chi connectivity index (χ2n) is 10.1. The molecular formula is C28H39N7O8. The van der Waals surface area contributed by atoms with Gasteiger partial charge in [0.25, 0.3) is 11.8 Å². The Morgan fingerprint density at radius 2 is 1.44 bits per heavy atom. The monoisotopic (exact) mass is 601 g/mol. The number of alkyl carbamates (subject to hydrolysis) is 1. The molecule has 2 rings (SSSR count). The summed E-state index contributed by atoms with van der Waals surface area (Å²) in [6.45, 7) is 6.82. The van der Waals surface area contributed by atoms with Crippen molar-refractivity contribution in [3.05, 3.63) is 42.0 Å². The molecule has 3 atom stereocenters. The molecule has 0 saturated carbocycles. The van der Waals surface area contributed by atoms with E-state index in [0.29, 0.717) is 11.3 Å². The molecular weight excluding hydrogens is 562 g/mol. The van der Waals surface area contributed by atoms with Crippen molar-refractivity contribution in [2.45, 2.75) is 58.8 Å². The maximum Gasteiger partial charge on any atom is 0.408 e. The lowest BCUT2D eigenvalue weighted by atomic mass is 10.0. The van der Waals surface area contributed by atoms with Crippen molar-refractivity contribution in [1.29, 1.82) is 0 Å². The fourth-order valence-electron chi connectivity index (χ4n) is 3.73. The number of rotatable bonds is 15. The molecule has 43 heavy (non-hydrogen) atoms. The zero-order valence-corrected chi connectivity index (χ0v) is 24.6. The molecule has 0 fully saturated rings. The van der Waals surface area contributed by atoms with Gasteiger partial charge < -0.3 is 37.1 Å². The summed E-state index contributed by atoms with van der Waals surface area (Å²) in [7, 11) is 0. The number of anilines is 1. The Balaban J connectivity index is 1.80. The first-order valence-corrected chi connectivity index (χ1v) is 13.8. The molecule has 0 aliphatic carbocycles. The molecule has 0 unspecified atom stereocenters. The summed E-state index contributed by atoms with van der Waals surface area (Å²) in [5, 5.41) is 12.8. The van der Waals surface area contributed by atoms with Crippen LogP contribution < -0.4 is 32.3 Å². The smallest absolute Gasteiger partial charge is 0.408 e. The lowest BCUT2D eigenvalue weighted by Gasteiger charge is -2.24. The Hall–Kier alpha value is -4.79. The van der Waals surface area contributed by atoms with Gasteiger partial charge in [-0.25, -0.2) is 4.79 Å². The lowest BCUT2D eigenvalue weighted by Crippen LogP contribution is -2.54. The van der Waals surface area contributed by atoms with Crippen molar-refractivity contribution in [2.24, 2.45) is 11.7 Å². The highest BCUT2D eigenvalue weighted by atomic mass is 16.5. The quantitative estimate of drug-likeness (QED) is 0.140. The van der Waals surface area contributed by atoms with Gasteiger partial charge in [-0.3, -0.25) is 33.7 Å². The zero-order chi connectivity index (χ0) is 32.1. The molecule has 15 nitrogen and oxygen atoms in total. The number of ether oxygens (including phenoxy) is 1. The van der Waals surface area contributed by atoms with Gasteiger partial charge >= 0.3 is 6.09 Å². The number of amides is 7. The van der Waals surface area contributed by atoms with E-state index in [9.17, 15) is 33.6 Å². The number of benzene rings is 1. The third kappa shape index (κ3) is 11.2. The third-order valence-electron chi connectivity index (χ3n) is 6.24. The van der Waals surface area contributed by atoms with Crippen LogP contribution in [0.5, 0.6) is 0 Å². The summed E-state index contributed by atoms with van der Waals surface area (Å²) in [6, 6.07) is 3.74. The fraction of sp³-hybridized carbons (Fsp3) is 0.464. The highest BCUT2D eigenvalue weighted by Crippen LogP contribution is 2.12. The van der Waals surface area contributed by atoms with Crippen LogP contribution in [0.3, 0.4) is 0 Å². The van der Waals surface area contributed by atoms with Crippen LogP contribution in [0, 0.1) is 5.92 Å². The fourth-order valence-corrected chi connectivity index (χ4v) is 3.73. The number of carbonyl (C=O) groups is 7. The number of carbonyl (C=O) groups excluding carboxylic acids is 7. The second kappa shape index (κ2) is 16.6. The summed E-state index contributed by atoms with van der Waals surface area (Å²) in [5.41, 5.74) is 6.38. The summed E-state index contributed by atoms with van der Waals surface area (Å²) in [5.74, 6) is -3.31. The molecule has 7 amide bonds. The van der Waals surface area contributed by atoms with Crippen LogP contribution >= 0.6 is 0 Å². The molecule has 1 heterocycles. The molecule has 0 aromatic heterocycles. The van der Waals surface area contributed by atoms with Crippen LogP contribution in [0.4, 0.5) is 10.5 Å². The number of imide groups is 1. The van der Waals surface area contributed by atoms with Gasteiger partial charge in [0.1, 0.15) is 24.7 Å². The summed E-state index contributed by atoms with van der Waals surface area (Å²) in [4.78, 5) is 86.0. The van der Waals surface area contributed by atoms with Gasteiger partial charge in [0.2, 0.25) is 23.6 Å². The van der Waals surface area contributed by atoms with Crippen molar-refractivity contribution >= 4 is 47.2 Å². The Kier molecular flexibility index (Phi) is 13.3. The number of nitrogens with zero attached hydrogens (tertiary/aromatic N) is 1. The number of hydrogen-bond acceptors (Lipinski definition) is 9. The molecule has 0 saturated heterocycles. The van der Waals surface area contributed by atoms with Crippen molar-refractivity contribution in [1.82, 2.24) is 26.2 Å². The highest BCUT2D eigenvalue weighted by molar-refractivity contribution is 6.13. The maximum absolute atomic E-state index is 12.9. The van der Waals surface area contributed by atoms with Crippen LogP contribution in [-0.4, -0.2) is 84.2 Å². The van der Waals surface area contributed by atoms with Crippen LogP contribution in [0.2, 0.25) is 0 Å². The van der Waals surface area contributed by atoms with Crippen molar-refractivity contribution in [3.8, 4) is 0 Å². The minimum absolute atomic E-state index is 0.0759. The molecule has 0 spiro atoms. The van der Waals surface area contributed by atoms with E-state index in [2.05, 4.69) is 26.6 Å². The predicted octanol–water partition coefficient (Wildman–Crippen LogP) is -0.725. The van der Waals surface area contributed by atoms with Gasteiger partial charge in [0.05, 0.1) is 0 Å². The largest absolute Gasteiger partial charge is 0.445 e. The van der Waals surface area contributed by atoms with E-state index in [1.165, 1.54) is 13.8 Å². The van der Waals surface area contributed by atoms with Crippen molar-refractivity contribution < 1.29 is 38.3 Å². The van der Waals surface area contributed by atoms with Crippen LogP contribution in [0.25, 0.3) is 0 Å². The molecule has 0 bridgehead atoms. The maximum atomic E-state index is 12.9. The van der Waals surface area contributed by atoms with Crippen LogP contribution in [0.1, 0.15) is 39.7 Å². The Bertz CT molecular complexity index is 1210. The average molecular weight is 602 g/mol. The summed E-state index contributed by atoms with van der Waals surface area (Å²) < 4.78 is 5.12. The van der Waals surface area contributed by atoms with Gasteiger partial charge in [-0.15, -0.1) is 0 Å². The predicted molar refractivity (Wildman–Crippen MR) is 155 cm³/mol. The van der Waals surface area contributed by atoms with Crippen LogP contribution in [-0.2, 0) is 40.1 Å². The number of nitrogens with two attached hydrogens (primary N) is 1. The average Bonchev–Trinajstić information content (AvgIpc) is 3.28. The van der Waals surface area contributed by atoms with E-state index in [0.717, 1.165) is 17.1 Å². The van der Waals surface area contributed by atoms with E-state index >= 15 is 0 Å². The molecule has 1 aliphatic rings. The Morgan fingerprint density at radius 1 is 0.837 bits per heavy atom. The molecule has 1 aliphatic heterocycles. The van der Waals surface area contributed by atoms with E-state index in [1.807, 2.05) is 0 Å². The molecule has 15 heteroatoms. The van der Waals surface area contributed by atoms with Crippen molar-refractivity contribution in [2.75, 3.05) is 25.0 Å². The Labute approximate surface area is 249 Å². The first kappa shape index (κ1) is 34.4. The third-order valence-corrected chi connectivity index (χ3v) is 6.24. The van der Waals surface area contributed by atoms with Gasteiger partial charge in [-0.05, 0) is 37.5 Å². The molecule has 0 radical (unpaired) electrons. The van der Waals surface area contributed by atoms with E-state index in [4.69, 9.17) is 10.5 Å². The van der Waals surface area contributed by atoms with Gasteiger partial charge in [0, 0.05) is 43.9 Å². The summed E-state index contributed by atoms with van der Waals surface area (Å²) >= 11 is 0. The van der Waals surface area contributed by atoms with Gasteiger partial charge in [0.15, 0.2) is 0 Å². The zero-order valence-electron chi connectivity index (χ0n) is 24.6. The topological polar surface area (TPSA) is 218 Å². The van der Waals surface area contributed by atoms with Gasteiger partial charge in [-0.1, -0.05) is 26.0 Å². The standard InChI is InChI=1S/C28H39N7O8/c1-16(2)24(34-21(36)11-14-35-22(37)9-10-23(35)38)27(41)31-18(4)26(40)33-20-7-5-19(6-8-20)15-43-28(42)32-17(3)25(39)30-13-12-29/h5-10,16-18,24H,11-15,29H2,1-4H3,(H,30,39)(H,31,41)(H,32,42)(H,33,40)(H,34,36)/t17-,18+,24+/m1/s1. The van der Waals surface area contributed by atoms with E-state index in [-0.39, 0.29) is 44.5 Å². The van der Waals surface area contributed by atoms with Crippen molar-refractivity contribution in [3.63, 3.8) is 0 Å². The Morgan fingerprint density at radius 3 is 2.02 bits per heavy atom. The summed E-state index contributed by atoms with van der Waals surface area (Å²) in [6.07, 6.45) is 1.29. The minimum atomic E-state index is -0.953. The highest BCUT2D eigenvalue weighted by Gasteiger charge is 2.28. The first-order chi connectivity index (χ1) is 20.3. The SMILES string of the molecule is CC(C)[C@H](NC(=O)CCN1C(=O)C=CC1=O)C(=O)N[C@@H](C)C(=O)Nc1ccc(COC(=O)N[C@H](C)C(=O)NCCN)cc1. The van der Waals surface area contributed by atoms with E-state index < -0.39 is 53.8 Å².